The molecule has 1 unspecified atom stereocenters. The number of nitrogens with zero attached hydrogens (tertiary/aromatic N) is 1. The number of anilines is 1. The molecule has 1 fully saturated rings. The van der Waals surface area contributed by atoms with Crippen molar-refractivity contribution in [1.29, 1.82) is 0 Å². The smallest absolute Gasteiger partial charge is 0.253 e. The van der Waals surface area contributed by atoms with Gasteiger partial charge in [-0.05, 0) is 56.1 Å². The predicted molar refractivity (Wildman–Crippen MR) is 81.3 cm³/mol. The lowest BCUT2D eigenvalue weighted by Crippen LogP contribution is -2.30. The van der Waals surface area contributed by atoms with Crippen LogP contribution in [-0.4, -0.2) is 43.4 Å². The van der Waals surface area contributed by atoms with Crippen LogP contribution in [0.2, 0.25) is 0 Å². The first-order chi connectivity index (χ1) is 10.2. The van der Waals surface area contributed by atoms with Crippen molar-refractivity contribution < 1.29 is 9.59 Å². The van der Waals surface area contributed by atoms with Crippen LogP contribution in [0.3, 0.4) is 0 Å². The zero-order valence-corrected chi connectivity index (χ0v) is 12.3. The summed E-state index contributed by atoms with van der Waals surface area (Å²) in [6, 6.07) is 5.60. The van der Waals surface area contributed by atoms with Crippen LogP contribution in [0.4, 0.5) is 5.69 Å². The fourth-order valence-corrected chi connectivity index (χ4v) is 3.17. The molecule has 5 heteroatoms. The van der Waals surface area contributed by atoms with Crippen LogP contribution < -0.4 is 10.6 Å². The molecule has 5 nitrogen and oxygen atoms in total. The van der Waals surface area contributed by atoms with Crippen molar-refractivity contribution in [3.8, 4) is 0 Å². The highest BCUT2D eigenvalue weighted by Crippen LogP contribution is 2.25. The fraction of sp³-hybridized carbons (Fsp3) is 0.500. The molecule has 2 amide bonds. The molecule has 0 bridgehead atoms. The SMILES string of the molecule is CNCC1CCN(C(=O)c2ccc3c(c2)CCC(=O)N3)C1. The average Bonchev–Trinajstić information content (AvgIpc) is 2.95. The standard InChI is InChI=1S/C16H21N3O2/c1-17-9-11-6-7-19(10-11)16(21)13-2-4-14-12(8-13)3-5-15(20)18-14/h2,4,8,11,17H,3,5-7,9-10H2,1H3,(H,18,20). The Hall–Kier alpha value is -1.88. The van der Waals surface area contributed by atoms with Gasteiger partial charge in [-0.2, -0.15) is 0 Å². The van der Waals surface area contributed by atoms with Crippen LogP contribution in [0, 0.1) is 5.92 Å². The second-order valence-electron chi connectivity index (χ2n) is 5.88. The van der Waals surface area contributed by atoms with Crippen LogP contribution in [-0.2, 0) is 11.2 Å². The summed E-state index contributed by atoms with van der Waals surface area (Å²) in [5.74, 6) is 0.709. The molecular formula is C16H21N3O2. The number of hydrogen-bond acceptors (Lipinski definition) is 3. The van der Waals surface area contributed by atoms with Crippen molar-refractivity contribution >= 4 is 17.5 Å². The van der Waals surface area contributed by atoms with E-state index in [0.29, 0.717) is 18.8 Å². The zero-order valence-electron chi connectivity index (χ0n) is 12.3. The molecule has 0 aromatic heterocycles. The molecule has 2 aliphatic heterocycles. The lowest BCUT2D eigenvalue weighted by molar-refractivity contribution is -0.116. The maximum atomic E-state index is 12.6. The van der Waals surface area contributed by atoms with E-state index in [0.717, 1.165) is 42.9 Å². The molecule has 0 radical (unpaired) electrons. The molecule has 2 N–H and O–H groups in total. The molecular weight excluding hydrogens is 266 g/mol. The van der Waals surface area contributed by atoms with E-state index < -0.39 is 0 Å². The van der Waals surface area contributed by atoms with Gasteiger partial charge in [-0.15, -0.1) is 0 Å². The van der Waals surface area contributed by atoms with Crippen LogP contribution in [0.5, 0.6) is 0 Å². The third-order valence-corrected chi connectivity index (χ3v) is 4.31. The number of hydrogen-bond donors (Lipinski definition) is 2. The molecule has 1 aromatic rings. The largest absolute Gasteiger partial charge is 0.338 e. The third kappa shape index (κ3) is 2.93. The van der Waals surface area contributed by atoms with Gasteiger partial charge in [0.2, 0.25) is 5.91 Å². The van der Waals surface area contributed by atoms with E-state index >= 15 is 0 Å². The minimum atomic E-state index is 0.0519. The molecule has 1 atom stereocenters. The molecule has 2 aliphatic rings. The molecule has 2 heterocycles. The van der Waals surface area contributed by atoms with Gasteiger partial charge in [-0.3, -0.25) is 9.59 Å². The number of carbonyl (C=O) groups excluding carboxylic acids is 2. The maximum Gasteiger partial charge on any atom is 0.253 e. The van der Waals surface area contributed by atoms with Gasteiger partial charge in [0.1, 0.15) is 0 Å². The number of benzene rings is 1. The van der Waals surface area contributed by atoms with Gasteiger partial charge in [-0.25, -0.2) is 0 Å². The highest BCUT2D eigenvalue weighted by Gasteiger charge is 2.27. The molecule has 1 saturated heterocycles. The molecule has 112 valence electrons. The van der Waals surface area contributed by atoms with Crippen molar-refractivity contribution in [3.05, 3.63) is 29.3 Å². The number of likely N-dealkylation sites (tertiary alicyclic amines) is 1. The van der Waals surface area contributed by atoms with Crippen molar-refractivity contribution in [2.45, 2.75) is 19.3 Å². The van der Waals surface area contributed by atoms with Crippen LogP contribution in [0.1, 0.15) is 28.8 Å². The Balaban J connectivity index is 1.72. The number of nitrogens with one attached hydrogen (secondary N) is 2. The van der Waals surface area contributed by atoms with E-state index in [1.807, 2.05) is 30.1 Å². The Labute approximate surface area is 124 Å². The van der Waals surface area contributed by atoms with Gasteiger partial charge in [0.05, 0.1) is 0 Å². The lowest BCUT2D eigenvalue weighted by atomic mass is 10.00. The Morgan fingerprint density at radius 3 is 3.10 bits per heavy atom. The Kier molecular flexibility index (Phi) is 3.92. The summed E-state index contributed by atoms with van der Waals surface area (Å²) in [5.41, 5.74) is 2.64. The monoisotopic (exact) mass is 287 g/mol. The lowest BCUT2D eigenvalue weighted by Gasteiger charge is -2.20. The highest BCUT2D eigenvalue weighted by molar-refractivity contribution is 5.98. The molecule has 0 saturated carbocycles. The van der Waals surface area contributed by atoms with Gasteiger partial charge >= 0.3 is 0 Å². The van der Waals surface area contributed by atoms with Crippen LogP contribution >= 0.6 is 0 Å². The maximum absolute atomic E-state index is 12.6. The van der Waals surface area contributed by atoms with E-state index in [1.165, 1.54) is 0 Å². The number of fused-ring (bicyclic) bond motifs is 1. The first-order valence-electron chi connectivity index (χ1n) is 7.54. The molecule has 21 heavy (non-hydrogen) atoms. The number of amides is 2. The third-order valence-electron chi connectivity index (χ3n) is 4.31. The van der Waals surface area contributed by atoms with Gasteiger partial charge in [0.15, 0.2) is 0 Å². The summed E-state index contributed by atoms with van der Waals surface area (Å²) in [4.78, 5) is 25.9. The average molecular weight is 287 g/mol. The zero-order chi connectivity index (χ0) is 14.8. The fourth-order valence-electron chi connectivity index (χ4n) is 3.17. The minimum absolute atomic E-state index is 0.0519. The van der Waals surface area contributed by atoms with E-state index in [-0.39, 0.29) is 11.8 Å². The van der Waals surface area contributed by atoms with Crippen molar-refractivity contribution in [3.63, 3.8) is 0 Å². The van der Waals surface area contributed by atoms with E-state index in [1.54, 1.807) is 0 Å². The summed E-state index contributed by atoms with van der Waals surface area (Å²) < 4.78 is 0. The van der Waals surface area contributed by atoms with E-state index in [9.17, 15) is 9.59 Å². The molecule has 0 aliphatic carbocycles. The summed E-state index contributed by atoms with van der Waals surface area (Å²) >= 11 is 0. The summed E-state index contributed by atoms with van der Waals surface area (Å²) in [6.45, 7) is 2.62. The van der Waals surface area contributed by atoms with Crippen LogP contribution in [0.15, 0.2) is 18.2 Å². The number of aryl methyl sites for hydroxylation is 1. The van der Waals surface area contributed by atoms with Crippen LogP contribution in [0.25, 0.3) is 0 Å². The summed E-state index contributed by atoms with van der Waals surface area (Å²) in [5, 5.41) is 6.02. The predicted octanol–water partition coefficient (Wildman–Crippen LogP) is 1.25. The van der Waals surface area contributed by atoms with Gasteiger partial charge < -0.3 is 15.5 Å². The van der Waals surface area contributed by atoms with E-state index in [4.69, 9.17) is 0 Å². The minimum Gasteiger partial charge on any atom is -0.338 e. The summed E-state index contributed by atoms with van der Waals surface area (Å²) in [6.07, 6.45) is 2.27. The van der Waals surface area contributed by atoms with Crippen molar-refractivity contribution in [2.75, 3.05) is 32.0 Å². The topological polar surface area (TPSA) is 61.4 Å². The molecule has 0 spiro atoms. The first kappa shape index (κ1) is 14.1. The molecule has 3 rings (SSSR count). The highest BCUT2D eigenvalue weighted by atomic mass is 16.2. The van der Waals surface area contributed by atoms with E-state index in [2.05, 4.69) is 10.6 Å². The van der Waals surface area contributed by atoms with Gasteiger partial charge in [0.25, 0.3) is 5.91 Å². The van der Waals surface area contributed by atoms with Crippen molar-refractivity contribution in [1.82, 2.24) is 10.2 Å². The summed E-state index contributed by atoms with van der Waals surface area (Å²) in [7, 11) is 1.95. The Morgan fingerprint density at radius 2 is 2.29 bits per heavy atom. The van der Waals surface area contributed by atoms with Gasteiger partial charge in [-0.1, -0.05) is 0 Å². The quantitative estimate of drug-likeness (QED) is 0.879. The second-order valence-corrected chi connectivity index (χ2v) is 5.88. The normalized spacial score (nSPS) is 21.1. The number of carbonyl (C=O) groups is 2. The Bertz CT molecular complexity index is 571. The Morgan fingerprint density at radius 1 is 1.43 bits per heavy atom. The molecule has 1 aromatic carbocycles. The van der Waals surface area contributed by atoms with Crippen molar-refractivity contribution in [2.24, 2.45) is 5.92 Å². The number of rotatable bonds is 3. The second kappa shape index (κ2) is 5.85. The first-order valence-corrected chi connectivity index (χ1v) is 7.54. The van der Waals surface area contributed by atoms with Gasteiger partial charge in [0, 0.05) is 30.8 Å².